The Morgan fingerprint density at radius 3 is 0.583 bits per heavy atom. The molecule has 0 saturated carbocycles. The van der Waals surface area contributed by atoms with Crippen molar-refractivity contribution in [2.45, 2.75) is 105 Å². The van der Waals surface area contributed by atoms with E-state index in [2.05, 4.69) is 180 Å². The summed E-state index contributed by atoms with van der Waals surface area (Å²) in [4.78, 5) is 0. The first-order valence-corrected chi connectivity index (χ1v) is 24.5. The molecular formula is C66H60F6. The second-order valence-corrected chi connectivity index (χ2v) is 23.5. The highest BCUT2D eigenvalue weighted by Gasteiger charge is 2.27. The molecule has 0 heterocycles. The van der Waals surface area contributed by atoms with E-state index in [-0.39, 0.29) is 32.8 Å². The molecule has 0 unspecified atom stereocenters. The van der Waals surface area contributed by atoms with Gasteiger partial charge >= 0.3 is 0 Å². The van der Waals surface area contributed by atoms with Crippen molar-refractivity contribution in [2.75, 3.05) is 0 Å². The van der Waals surface area contributed by atoms with E-state index in [1.54, 1.807) is 0 Å². The molecule has 0 N–H and O–H groups in total. The maximum absolute atomic E-state index is 15.8. The molecule has 0 fully saturated rings. The predicted octanol–water partition coefficient (Wildman–Crippen LogP) is 20.0. The lowest BCUT2D eigenvalue weighted by atomic mass is 9.79. The van der Waals surface area contributed by atoms with Crippen LogP contribution in [0, 0.1) is 34.9 Å². The van der Waals surface area contributed by atoms with Gasteiger partial charge < -0.3 is 0 Å². The van der Waals surface area contributed by atoms with Crippen molar-refractivity contribution in [1.82, 2.24) is 0 Å². The van der Waals surface area contributed by atoms with E-state index in [9.17, 15) is 0 Å². The zero-order valence-electron chi connectivity index (χ0n) is 43.1. The number of fused-ring (bicyclic) bond motifs is 2. The topological polar surface area (TPSA) is 0 Å². The van der Waals surface area contributed by atoms with E-state index in [4.69, 9.17) is 0 Å². The number of halogens is 6. The Kier molecular flexibility index (Phi) is 12.5. The summed E-state index contributed by atoms with van der Waals surface area (Å²) in [6.07, 6.45) is 0. The van der Waals surface area contributed by atoms with Gasteiger partial charge in [-0.05, 0) is 181 Å². The third-order valence-corrected chi connectivity index (χ3v) is 14.2. The predicted molar refractivity (Wildman–Crippen MR) is 289 cm³/mol. The van der Waals surface area contributed by atoms with Crippen molar-refractivity contribution in [2.24, 2.45) is 0 Å². The Morgan fingerprint density at radius 2 is 0.417 bits per heavy atom. The van der Waals surface area contributed by atoms with Gasteiger partial charge in [-0.3, -0.25) is 0 Å². The van der Waals surface area contributed by atoms with Gasteiger partial charge in [0.2, 0.25) is 0 Å². The van der Waals surface area contributed by atoms with E-state index in [0.717, 1.165) is 91.0 Å². The summed E-state index contributed by atoms with van der Waals surface area (Å²) in [5.41, 5.74) is 11.2. The number of rotatable bonds is 6. The van der Waals surface area contributed by atoms with Gasteiger partial charge in [0.1, 0.15) is 0 Å². The molecule has 9 aromatic rings. The van der Waals surface area contributed by atoms with Crippen molar-refractivity contribution in [1.29, 1.82) is 0 Å². The molecule has 0 aliphatic heterocycles. The van der Waals surface area contributed by atoms with Crippen molar-refractivity contribution in [3.05, 3.63) is 203 Å². The third kappa shape index (κ3) is 9.37. The monoisotopic (exact) mass is 966 g/mol. The fraction of sp³-hybridized carbons (Fsp3) is 0.242. The van der Waals surface area contributed by atoms with Gasteiger partial charge in [-0.25, -0.2) is 26.3 Å². The van der Waals surface area contributed by atoms with Crippen molar-refractivity contribution < 1.29 is 26.3 Å². The highest BCUT2D eigenvalue weighted by Crippen LogP contribution is 2.51. The van der Waals surface area contributed by atoms with Crippen LogP contribution in [0.15, 0.2) is 146 Å². The summed E-state index contributed by atoms with van der Waals surface area (Å²) in [7, 11) is 0. The fourth-order valence-electron chi connectivity index (χ4n) is 9.89. The lowest BCUT2D eigenvalue weighted by molar-refractivity contribution is 0.447. The van der Waals surface area contributed by atoms with Gasteiger partial charge in [-0.15, -0.1) is 0 Å². The second-order valence-electron chi connectivity index (χ2n) is 23.5. The van der Waals surface area contributed by atoms with Crippen LogP contribution in [-0.2, 0) is 21.7 Å². The van der Waals surface area contributed by atoms with Gasteiger partial charge in [-0.2, -0.15) is 0 Å². The Labute approximate surface area is 420 Å². The van der Waals surface area contributed by atoms with Crippen molar-refractivity contribution >= 4 is 21.5 Å². The lowest BCUT2D eigenvalue weighted by Gasteiger charge is -2.24. The Hall–Kier alpha value is -6.92. The molecule has 6 heteroatoms. The second kappa shape index (κ2) is 18.0. The van der Waals surface area contributed by atoms with E-state index < -0.39 is 34.9 Å². The molecule has 0 aliphatic carbocycles. The van der Waals surface area contributed by atoms with Crippen LogP contribution >= 0.6 is 0 Å². The van der Waals surface area contributed by atoms with E-state index >= 15 is 26.3 Å². The Balaban J connectivity index is 1.52. The minimum atomic E-state index is -1.61. The van der Waals surface area contributed by atoms with Crippen LogP contribution in [0.1, 0.15) is 105 Å². The van der Waals surface area contributed by atoms with Gasteiger partial charge in [0, 0.05) is 0 Å². The first-order chi connectivity index (χ1) is 33.7. The molecule has 9 aromatic carbocycles. The van der Waals surface area contributed by atoms with Crippen LogP contribution in [-0.4, -0.2) is 0 Å². The van der Waals surface area contributed by atoms with E-state index in [0.29, 0.717) is 32.7 Å². The summed E-state index contributed by atoms with van der Waals surface area (Å²) in [6, 6.07) is 44.9. The molecule has 0 nitrogen and oxygen atoms in total. The number of hydrogen-bond acceptors (Lipinski definition) is 0. The summed E-state index contributed by atoms with van der Waals surface area (Å²) in [5.74, 6) is -8.72. The summed E-state index contributed by atoms with van der Waals surface area (Å²) < 4.78 is 93.5. The van der Waals surface area contributed by atoms with Gasteiger partial charge in [0.15, 0.2) is 34.9 Å². The van der Waals surface area contributed by atoms with E-state index in [1.165, 1.54) is 0 Å². The average Bonchev–Trinajstić information content (AvgIpc) is 3.32. The van der Waals surface area contributed by atoms with Crippen molar-refractivity contribution in [3.63, 3.8) is 0 Å². The summed E-state index contributed by atoms with van der Waals surface area (Å²) >= 11 is 0. The molecule has 366 valence electrons. The molecule has 9 rings (SSSR count). The summed E-state index contributed by atoms with van der Waals surface area (Å²) in [6.45, 7) is 25.7. The van der Waals surface area contributed by atoms with Crippen LogP contribution in [0.4, 0.5) is 26.3 Å². The standard InChI is InChI=1S/C66H60F6/c1-63(2,3)43-21-13-37(14-22-43)47-33-51-52(34-48(47)38-15-23-44(24-16-38)64(4,5)6)60(42-31-57(69)62(72)58(70)32-42)54-36-50(40-19-27-46(28-20-40)66(10,11)12)49(39-17-25-45(26-18-39)65(7,8)9)35-53(54)59(51)41-29-55(67)61(71)56(68)30-41/h13-36H,1-12H3. The van der Waals surface area contributed by atoms with Crippen LogP contribution < -0.4 is 0 Å². The van der Waals surface area contributed by atoms with Crippen LogP contribution in [0.5, 0.6) is 0 Å². The minimum absolute atomic E-state index is 0.0528. The number of hydrogen-bond donors (Lipinski definition) is 0. The smallest absolute Gasteiger partial charge is 0.194 e. The normalized spacial score (nSPS) is 12.6. The zero-order chi connectivity index (χ0) is 52.0. The highest BCUT2D eigenvalue weighted by molar-refractivity contribution is 6.24. The van der Waals surface area contributed by atoms with Gasteiger partial charge in [0.25, 0.3) is 0 Å². The maximum Gasteiger partial charge on any atom is 0.194 e. The molecule has 0 amide bonds. The first-order valence-electron chi connectivity index (χ1n) is 24.5. The van der Waals surface area contributed by atoms with Gasteiger partial charge in [-0.1, -0.05) is 180 Å². The maximum atomic E-state index is 15.8. The molecule has 0 aliphatic rings. The summed E-state index contributed by atoms with van der Waals surface area (Å²) in [5, 5.41) is 1.87. The Bertz CT molecular complexity index is 3090. The van der Waals surface area contributed by atoms with Crippen LogP contribution in [0.2, 0.25) is 0 Å². The molecule has 0 aromatic heterocycles. The highest BCUT2D eigenvalue weighted by atomic mass is 19.2. The fourth-order valence-corrected chi connectivity index (χ4v) is 9.89. The van der Waals surface area contributed by atoms with E-state index in [1.807, 2.05) is 24.3 Å². The first kappa shape index (κ1) is 50.0. The molecule has 72 heavy (non-hydrogen) atoms. The number of benzene rings is 9. The third-order valence-electron chi connectivity index (χ3n) is 14.2. The largest absolute Gasteiger partial charge is 0.204 e. The molecule has 0 atom stereocenters. The molecule has 0 spiro atoms. The van der Waals surface area contributed by atoms with Crippen LogP contribution in [0.25, 0.3) is 88.3 Å². The van der Waals surface area contributed by atoms with Crippen LogP contribution in [0.3, 0.4) is 0 Å². The molecule has 0 radical (unpaired) electrons. The van der Waals surface area contributed by atoms with Gasteiger partial charge in [0.05, 0.1) is 0 Å². The molecular weight excluding hydrogens is 907 g/mol. The average molecular weight is 967 g/mol. The van der Waals surface area contributed by atoms with Crippen molar-refractivity contribution in [3.8, 4) is 66.8 Å². The minimum Gasteiger partial charge on any atom is -0.204 e. The lowest BCUT2D eigenvalue weighted by Crippen LogP contribution is -2.10. The molecule has 0 bridgehead atoms. The quantitative estimate of drug-likeness (QED) is 0.0885. The zero-order valence-corrected chi connectivity index (χ0v) is 43.1. The SMILES string of the molecule is CC(C)(C)c1ccc(-c2cc3c(-c4cc(F)c(F)c(F)c4)c4cc(-c5ccc(C(C)(C)C)cc5)c(-c5ccc(C(C)(C)C)cc5)cc4c(-c4cc(F)c(F)c(F)c4)c3cc2-c2ccc(C(C)(C)C)cc2)cc1. The Morgan fingerprint density at radius 1 is 0.236 bits per heavy atom. The molecule has 0 saturated heterocycles.